The molecule has 178 valence electrons. The molecule has 0 N–H and O–H groups in total. The van der Waals surface area contributed by atoms with Crippen molar-refractivity contribution in [2.24, 2.45) is 0 Å². The van der Waals surface area contributed by atoms with Gasteiger partial charge in [0.05, 0.1) is 30.8 Å². The Morgan fingerprint density at radius 1 is 1.00 bits per heavy atom. The van der Waals surface area contributed by atoms with Gasteiger partial charge < -0.3 is 19.1 Å². The zero-order chi connectivity index (χ0) is 24.2. The minimum atomic E-state index is -0.339. The number of fused-ring (bicyclic) bond motifs is 1. The van der Waals surface area contributed by atoms with E-state index in [2.05, 4.69) is 19.1 Å². The number of methoxy groups -OCH3 is 2. The number of rotatable bonds is 7. The molecule has 7 heteroatoms. The molecule has 4 rings (SSSR count). The van der Waals surface area contributed by atoms with Crippen LogP contribution in [-0.2, 0) is 12.8 Å². The highest BCUT2D eigenvalue weighted by Gasteiger charge is 2.34. The van der Waals surface area contributed by atoms with E-state index < -0.39 is 0 Å². The molecule has 0 radical (unpaired) electrons. The maximum Gasteiger partial charge on any atom is 0.256 e. The summed E-state index contributed by atoms with van der Waals surface area (Å²) in [7, 11) is 3.22. The molecule has 0 saturated heterocycles. The smallest absolute Gasteiger partial charge is 0.256 e. The van der Waals surface area contributed by atoms with Gasteiger partial charge in [-0.15, -0.1) is 0 Å². The molecule has 34 heavy (non-hydrogen) atoms. The highest BCUT2D eigenvalue weighted by molar-refractivity contribution is 6.36. The first-order chi connectivity index (χ1) is 16.4. The third-order valence-corrected chi connectivity index (χ3v) is 6.71. The summed E-state index contributed by atoms with van der Waals surface area (Å²) in [6.45, 7) is 2.91. The van der Waals surface area contributed by atoms with Gasteiger partial charge in [-0.05, 0) is 72.0 Å². The van der Waals surface area contributed by atoms with Gasteiger partial charge in [-0.3, -0.25) is 4.79 Å². The van der Waals surface area contributed by atoms with Crippen molar-refractivity contribution < 1.29 is 19.0 Å². The van der Waals surface area contributed by atoms with Crippen molar-refractivity contribution in [1.82, 2.24) is 4.90 Å². The third-order valence-electron chi connectivity index (χ3n) is 6.16. The molecule has 3 aromatic carbocycles. The zero-order valence-electron chi connectivity index (χ0n) is 19.4. The number of nitrogens with zero attached hydrogens (tertiary/aromatic N) is 1. The van der Waals surface area contributed by atoms with Crippen LogP contribution in [0.15, 0.2) is 54.6 Å². The summed E-state index contributed by atoms with van der Waals surface area (Å²) in [5, 5.41) is 0.809. The predicted octanol–water partition coefficient (Wildman–Crippen LogP) is 6.39. The van der Waals surface area contributed by atoms with E-state index in [1.807, 2.05) is 29.2 Å². The second-order valence-electron chi connectivity index (χ2n) is 8.10. The number of aryl methyl sites for hydroxylation is 1. The van der Waals surface area contributed by atoms with Crippen LogP contribution in [0.5, 0.6) is 17.2 Å². The van der Waals surface area contributed by atoms with E-state index in [0.29, 0.717) is 40.1 Å². The Labute approximate surface area is 210 Å². The van der Waals surface area contributed by atoms with Crippen LogP contribution in [0.4, 0.5) is 0 Å². The Hall–Kier alpha value is -2.89. The van der Waals surface area contributed by atoms with Crippen LogP contribution in [0.3, 0.4) is 0 Å². The van der Waals surface area contributed by atoms with Gasteiger partial charge in [0.25, 0.3) is 5.91 Å². The molecule has 1 amide bonds. The average Bonchev–Trinajstić information content (AvgIpc) is 2.86. The summed E-state index contributed by atoms with van der Waals surface area (Å²) >= 11 is 12.4. The quantitative estimate of drug-likeness (QED) is 0.377. The lowest BCUT2D eigenvalue weighted by molar-refractivity contribution is 0.0589. The maximum absolute atomic E-state index is 13.6. The Morgan fingerprint density at radius 3 is 2.35 bits per heavy atom. The molecular weight excluding hydrogens is 473 g/mol. The molecule has 1 atom stereocenters. The number of hydrogen-bond acceptors (Lipinski definition) is 4. The molecule has 3 aromatic rings. The lowest BCUT2D eigenvalue weighted by Crippen LogP contribution is -2.42. The second-order valence-corrected chi connectivity index (χ2v) is 8.95. The Bertz CT molecular complexity index is 1180. The minimum Gasteiger partial charge on any atom is -0.493 e. The number of ether oxygens (including phenoxy) is 3. The minimum absolute atomic E-state index is 0.169. The number of benzene rings is 3. The molecule has 0 saturated carbocycles. The van der Waals surface area contributed by atoms with Gasteiger partial charge in [0.2, 0.25) is 0 Å². The normalized spacial score (nSPS) is 15.0. The fourth-order valence-corrected chi connectivity index (χ4v) is 4.75. The van der Waals surface area contributed by atoms with Gasteiger partial charge >= 0.3 is 0 Å². The molecular formula is C27H27Cl2NO4. The molecule has 1 aliphatic heterocycles. The fourth-order valence-electron chi connectivity index (χ4n) is 4.27. The summed E-state index contributed by atoms with van der Waals surface area (Å²) in [5.74, 6) is 1.85. The van der Waals surface area contributed by atoms with Gasteiger partial charge in [-0.2, -0.15) is 0 Å². The highest BCUT2D eigenvalue weighted by Crippen LogP contribution is 2.39. The van der Waals surface area contributed by atoms with Gasteiger partial charge in [-0.1, -0.05) is 42.3 Å². The fraction of sp³-hybridized carbons (Fsp3) is 0.296. The summed E-state index contributed by atoms with van der Waals surface area (Å²) in [6.07, 6.45) is 1.64. The first-order valence-corrected chi connectivity index (χ1v) is 11.9. The topological polar surface area (TPSA) is 48.0 Å². The lowest BCUT2D eigenvalue weighted by atomic mass is 9.91. The van der Waals surface area contributed by atoms with Crippen molar-refractivity contribution in [3.63, 3.8) is 0 Å². The molecule has 0 aromatic heterocycles. The van der Waals surface area contributed by atoms with Crippen LogP contribution in [0.2, 0.25) is 10.0 Å². The lowest BCUT2D eigenvalue weighted by Gasteiger charge is -2.38. The van der Waals surface area contributed by atoms with Crippen LogP contribution in [0, 0.1) is 0 Å². The molecule has 1 aliphatic rings. The first-order valence-electron chi connectivity index (χ1n) is 11.2. The molecule has 1 heterocycles. The summed E-state index contributed by atoms with van der Waals surface area (Å²) in [6, 6.07) is 16.5. The maximum atomic E-state index is 13.6. The Kier molecular flexibility index (Phi) is 7.54. The molecule has 0 fully saturated rings. The Morgan fingerprint density at radius 2 is 1.71 bits per heavy atom. The number of hydrogen-bond donors (Lipinski definition) is 0. The largest absolute Gasteiger partial charge is 0.493 e. The molecule has 5 nitrogen and oxygen atoms in total. The summed E-state index contributed by atoms with van der Waals surface area (Å²) in [5.41, 5.74) is 3.71. The summed E-state index contributed by atoms with van der Waals surface area (Å²) in [4.78, 5) is 15.4. The number of carbonyl (C=O) groups is 1. The number of carbonyl (C=O) groups excluding carboxylic acids is 1. The van der Waals surface area contributed by atoms with Crippen LogP contribution in [0.25, 0.3) is 0 Å². The van der Waals surface area contributed by atoms with Crippen molar-refractivity contribution in [2.75, 3.05) is 27.4 Å². The van der Waals surface area contributed by atoms with E-state index in [-0.39, 0.29) is 18.6 Å². The Balaban J connectivity index is 1.70. The van der Waals surface area contributed by atoms with Crippen molar-refractivity contribution in [2.45, 2.75) is 25.8 Å². The third kappa shape index (κ3) is 4.96. The van der Waals surface area contributed by atoms with Crippen LogP contribution in [-0.4, -0.2) is 38.2 Å². The van der Waals surface area contributed by atoms with Crippen molar-refractivity contribution in [3.05, 3.63) is 86.9 Å². The van der Waals surface area contributed by atoms with E-state index in [0.717, 1.165) is 23.3 Å². The second kappa shape index (κ2) is 10.6. The number of halogens is 2. The number of amides is 1. The van der Waals surface area contributed by atoms with Gasteiger partial charge in [-0.25, -0.2) is 0 Å². The van der Waals surface area contributed by atoms with Crippen LogP contribution in [0.1, 0.15) is 40.0 Å². The zero-order valence-corrected chi connectivity index (χ0v) is 20.9. The van der Waals surface area contributed by atoms with Gasteiger partial charge in [0, 0.05) is 11.6 Å². The average molecular weight is 500 g/mol. The van der Waals surface area contributed by atoms with E-state index in [4.69, 9.17) is 37.4 Å². The first kappa shape index (κ1) is 24.2. The van der Waals surface area contributed by atoms with Crippen LogP contribution >= 0.6 is 23.2 Å². The van der Waals surface area contributed by atoms with E-state index in [1.165, 1.54) is 5.56 Å². The predicted molar refractivity (Wildman–Crippen MR) is 135 cm³/mol. The van der Waals surface area contributed by atoms with Gasteiger partial charge in [0.1, 0.15) is 12.4 Å². The van der Waals surface area contributed by atoms with Crippen LogP contribution < -0.4 is 14.2 Å². The standard InChI is InChI=1S/C27H27Cl2NO4/c1-4-17-5-8-20(9-6-17)34-16-24-22-15-26(33-3)25(32-2)13-18(22)11-12-30(24)27(31)21-10-7-19(28)14-23(21)29/h5-10,13-15,24H,4,11-12,16H2,1-3H3. The van der Waals surface area contributed by atoms with E-state index >= 15 is 0 Å². The van der Waals surface area contributed by atoms with Crippen molar-refractivity contribution >= 4 is 29.1 Å². The van der Waals surface area contributed by atoms with Gasteiger partial charge in [0.15, 0.2) is 11.5 Å². The SMILES string of the molecule is CCc1ccc(OCC2c3cc(OC)c(OC)cc3CCN2C(=O)c2ccc(Cl)cc2Cl)cc1. The van der Waals surface area contributed by atoms with E-state index in [9.17, 15) is 4.79 Å². The molecule has 0 spiro atoms. The monoisotopic (exact) mass is 499 g/mol. The van der Waals surface area contributed by atoms with Crippen molar-refractivity contribution in [1.29, 1.82) is 0 Å². The molecule has 1 unspecified atom stereocenters. The van der Waals surface area contributed by atoms with Crippen molar-refractivity contribution in [3.8, 4) is 17.2 Å². The highest BCUT2D eigenvalue weighted by atomic mass is 35.5. The van der Waals surface area contributed by atoms with E-state index in [1.54, 1.807) is 32.4 Å². The summed E-state index contributed by atoms with van der Waals surface area (Å²) < 4.78 is 17.2. The molecule has 0 aliphatic carbocycles. The molecule has 0 bridgehead atoms.